The summed E-state index contributed by atoms with van der Waals surface area (Å²) in [6, 6.07) is 13.7. The number of thiophene rings is 1. The minimum absolute atomic E-state index is 0. The normalized spacial score (nSPS) is 16.5. The van der Waals surface area contributed by atoms with Gasteiger partial charge in [0.2, 0.25) is 0 Å². The molecule has 1 aliphatic rings. The Morgan fingerprint density at radius 1 is 1.18 bits per heavy atom. The van der Waals surface area contributed by atoms with E-state index in [0.717, 1.165) is 47.9 Å². The molecule has 0 aliphatic carbocycles. The lowest BCUT2D eigenvalue weighted by Gasteiger charge is -2.36. The summed E-state index contributed by atoms with van der Waals surface area (Å²) < 4.78 is 13.2. The number of benzene rings is 1. The van der Waals surface area contributed by atoms with Gasteiger partial charge >= 0.3 is 0 Å². The fraction of sp³-hybridized carbons (Fsp3) is 0.421. The molecule has 28 heavy (non-hydrogen) atoms. The summed E-state index contributed by atoms with van der Waals surface area (Å²) in [6.07, 6.45) is 0. The van der Waals surface area contributed by atoms with E-state index in [0.29, 0.717) is 12.3 Å². The molecule has 2 aromatic rings. The second-order valence-electron chi connectivity index (χ2n) is 6.31. The molecule has 0 amide bonds. The molecule has 3 rings (SSSR count). The standard InChI is InChI=1S/C19H25ClN4OS2.HI/c1-21-19(22-9-14-27(25)17-5-3-2-4-6-17)24-12-10-23(11-13-24)15-16-7-8-18(20)26-16;/h2-8H,9-15H2,1H3,(H,21,22);1H. The Labute approximate surface area is 195 Å². The van der Waals surface area contributed by atoms with E-state index in [9.17, 15) is 4.21 Å². The molecule has 0 bridgehead atoms. The van der Waals surface area contributed by atoms with Crippen molar-refractivity contribution in [2.75, 3.05) is 45.5 Å². The molecule has 9 heteroatoms. The summed E-state index contributed by atoms with van der Waals surface area (Å²) in [5, 5.41) is 3.36. The number of guanidine groups is 1. The van der Waals surface area contributed by atoms with Crippen molar-refractivity contribution in [3.63, 3.8) is 0 Å². The van der Waals surface area contributed by atoms with Crippen LogP contribution in [0.1, 0.15) is 4.88 Å². The number of rotatable bonds is 6. The van der Waals surface area contributed by atoms with Crippen molar-refractivity contribution in [3.05, 3.63) is 51.7 Å². The van der Waals surface area contributed by atoms with Gasteiger partial charge in [0.05, 0.1) is 15.1 Å². The predicted octanol–water partition coefficient (Wildman–Crippen LogP) is 3.52. The van der Waals surface area contributed by atoms with Crippen LogP contribution in [-0.2, 0) is 17.3 Å². The van der Waals surface area contributed by atoms with Crippen LogP contribution in [0.2, 0.25) is 4.34 Å². The third kappa shape index (κ3) is 6.98. The van der Waals surface area contributed by atoms with E-state index in [1.54, 1.807) is 18.4 Å². The van der Waals surface area contributed by atoms with Crippen molar-refractivity contribution in [1.82, 2.24) is 15.1 Å². The van der Waals surface area contributed by atoms with Crippen LogP contribution in [0.4, 0.5) is 0 Å². The minimum atomic E-state index is -0.987. The zero-order valence-corrected chi connectivity index (χ0v) is 20.6. The molecule has 0 saturated carbocycles. The summed E-state index contributed by atoms with van der Waals surface area (Å²) in [6.45, 7) is 5.44. The molecule has 1 aromatic heterocycles. The van der Waals surface area contributed by atoms with Gasteiger partial charge in [0.1, 0.15) is 0 Å². The highest BCUT2D eigenvalue weighted by Gasteiger charge is 2.20. The third-order valence-electron chi connectivity index (χ3n) is 4.47. The average Bonchev–Trinajstić information content (AvgIpc) is 3.11. The molecule has 1 unspecified atom stereocenters. The third-order valence-corrected chi connectivity index (χ3v) is 7.06. The van der Waals surface area contributed by atoms with Gasteiger partial charge in [-0.05, 0) is 24.3 Å². The van der Waals surface area contributed by atoms with Gasteiger partial charge < -0.3 is 10.2 Å². The average molecular weight is 553 g/mol. The lowest BCUT2D eigenvalue weighted by Crippen LogP contribution is -2.52. The van der Waals surface area contributed by atoms with Crippen LogP contribution >= 0.6 is 46.9 Å². The van der Waals surface area contributed by atoms with Crippen molar-refractivity contribution in [3.8, 4) is 0 Å². The van der Waals surface area contributed by atoms with Crippen LogP contribution in [0.15, 0.2) is 52.4 Å². The Morgan fingerprint density at radius 2 is 1.89 bits per heavy atom. The van der Waals surface area contributed by atoms with E-state index < -0.39 is 10.8 Å². The summed E-state index contributed by atoms with van der Waals surface area (Å²) in [5.41, 5.74) is 0. The maximum absolute atomic E-state index is 12.3. The van der Waals surface area contributed by atoms with Crippen molar-refractivity contribution >= 4 is 63.7 Å². The van der Waals surface area contributed by atoms with Gasteiger partial charge in [-0.15, -0.1) is 35.3 Å². The molecule has 1 N–H and O–H groups in total. The zero-order chi connectivity index (χ0) is 19.1. The highest BCUT2D eigenvalue weighted by atomic mass is 127. The molecule has 1 aliphatic heterocycles. The maximum Gasteiger partial charge on any atom is 0.193 e. The number of halogens is 2. The van der Waals surface area contributed by atoms with Crippen LogP contribution in [-0.4, -0.2) is 65.5 Å². The van der Waals surface area contributed by atoms with Crippen LogP contribution in [0.5, 0.6) is 0 Å². The number of hydrogen-bond donors (Lipinski definition) is 1. The molecule has 1 fully saturated rings. The summed E-state index contributed by atoms with van der Waals surface area (Å²) in [5.74, 6) is 1.46. The van der Waals surface area contributed by atoms with Crippen molar-refractivity contribution in [2.24, 2.45) is 4.99 Å². The van der Waals surface area contributed by atoms with Crippen LogP contribution in [0.25, 0.3) is 0 Å². The molecule has 1 atom stereocenters. The monoisotopic (exact) mass is 552 g/mol. The largest absolute Gasteiger partial charge is 0.355 e. The van der Waals surface area contributed by atoms with Crippen LogP contribution in [0, 0.1) is 0 Å². The van der Waals surface area contributed by atoms with E-state index in [1.807, 2.05) is 36.4 Å². The Kier molecular flexibility index (Phi) is 10.2. The van der Waals surface area contributed by atoms with Crippen molar-refractivity contribution in [2.45, 2.75) is 11.4 Å². The van der Waals surface area contributed by atoms with E-state index >= 15 is 0 Å². The first-order valence-corrected chi connectivity index (χ1v) is 11.5. The first-order valence-electron chi connectivity index (χ1n) is 9.01. The van der Waals surface area contributed by atoms with E-state index in [2.05, 4.69) is 26.2 Å². The predicted molar refractivity (Wildman–Crippen MR) is 131 cm³/mol. The van der Waals surface area contributed by atoms with E-state index in [4.69, 9.17) is 11.6 Å². The maximum atomic E-state index is 12.3. The van der Waals surface area contributed by atoms with Crippen LogP contribution in [0.3, 0.4) is 0 Å². The quantitative estimate of drug-likeness (QED) is 0.339. The summed E-state index contributed by atoms with van der Waals surface area (Å²) in [7, 11) is 0.815. The molecule has 0 spiro atoms. The first kappa shape index (κ1) is 23.6. The SMILES string of the molecule is CN=C(NCCS(=O)c1ccccc1)N1CCN(Cc2ccc(Cl)s2)CC1.I. The highest BCUT2D eigenvalue weighted by molar-refractivity contribution is 14.0. The summed E-state index contributed by atoms with van der Waals surface area (Å²) >= 11 is 7.67. The minimum Gasteiger partial charge on any atom is -0.355 e. The smallest absolute Gasteiger partial charge is 0.193 e. The van der Waals surface area contributed by atoms with Gasteiger partial charge in [0.15, 0.2) is 5.96 Å². The summed E-state index contributed by atoms with van der Waals surface area (Å²) in [4.78, 5) is 11.3. The molecule has 2 heterocycles. The first-order chi connectivity index (χ1) is 13.2. The van der Waals surface area contributed by atoms with Crippen molar-refractivity contribution < 1.29 is 4.21 Å². The lowest BCUT2D eigenvalue weighted by atomic mass is 10.3. The molecular formula is C19H26ClIN4OS2. The Balaban J connectivity index is 0.00000280. The topological polar surface area (TPSA) is 47.9 Å². The van der Waals surface area contributed by atoms with Gasteiger partial charge in [-0.1, -0.05) is 29.8 Å². The highest BCUT2D eigenvalue weighted by Crippen LogP contribution is 2.23. The fourth-order valence-electron chi connectivity index (χ4n) is 3.05. The number of nitrogens with zero attached hydrogens (tertiary/aromatic N) is 3. The Hall–Kier alpha value is -0.680. The van der Waals surface area contributed by atoms with Gasteiger partial charge in [-0.2, -0.15) is 0 Å². The molecule has 5 nitrogen and oxygen atoms in total. The molecule has 1 aromatic carbocycles. The number of aliphatic imine (C=N–C) groups is 1. The van der Waals surface area contributed by atoms with Gasteiger partial charge in [0.25, 0.3) is 0 Å². The zero-order valence-electron chi connectivity index (χ0n) is 15.8. The number of nitrogens with one attached hydrogen (secondary N) is 1. The molecule has 1 saturated heterocycles. The number of hydrogen-bond acceptors (Lipinski definition) is 4. The molecular weight excluding hydrogens is 527 g/mol. The second kappa shape index (κ2) is 12.1. The second-order valence-corrected chi connectivity index (χ2v) is 9.68. The fourth-order valence-corrected chi connectivity index (χ4v) is 5.17. The van der Waals surface area contributed by atoms with E-state index in [1.165, 1.54) is 4.88 Å². The Morgan fingerprint density at radius 3 is 2.50 bits per heavy atom. The molecule has 0 radical (unpaired) electrons. The van der Waals surface area contributed by atoms with E-state index in [-0.39, 0.29) is 24.0 Å². The lowest BCUT2D eigenvalue weighted by molar-refractivity contribution is 0.174. The van der Waals surface area contributed by atoms with Crippen molar-refractivity contribution in [1.29, 1.82) is 0 Å². The molecule has 154 valence electrons. The van der Waals surface area contributed by atoms with Gasteiger partial charge in [-0.3, -0.25) is 14.1 Å². The van der Waals surface area contributed by atoms with Gasteiger partial charge in [-0.25, -0.2) is 0 Å². The van der Waals surface area contributed by atoms with Crippen LogP contribution < -0.4 is 5.32 Å². The number of piperazine rings is 1. The van der Waals surface area contributed by atoms with Gasteiger partial charge in [0, 0.05) is 61.8 Å². The Bertz CT molecular complexity index is 779.